The molecule has 3 aliphatic heterocycles. The molecule has 0 aliphatic carbocycles. The predicted octanol–water partition coefficient (Wildman–Crippen LogP) is 3.26. The molecule has 2 bridgehead atoms. The maximum Gasteiger partial charge on any atom is 0.0705 e. The highest BCUT2D eigenvalue weighted by molar-refractivity contribution is 5.85. The van der Waals surface area contributed by atoms with Gasteiger partial charge in [0.25, 0.3) is 0 Å². The van der Waals surface area contributed by atoms with E-state index in [1.807, 2.05) is 6.20 Å². The summed E-state index contributed by atoms with van der Waals surface area (Å²) in [5.41, 5.74) is 2.58. The van der Waals surface area contributed by atoms with Crippen LogP contribution in [0.1, 0.15) is 18.4 Å². The molecule has 1 N–H and O–H groups in total. The van der Waals surface area contributed by atoms with Gasteiger partial charge in [0, 0.05) is 30.2 Å². The standard InChI is InChI=1S/C18H21N3.2ClH/c1-2-4-16-13(3-1)12(7-8-20-16)11-21-17-5-6-18(21)15-10-19-9-14(15)17;;/h1-4,7-8,14-15,17-19H,5-6,9-11H2;2*1H/t14-,15+,17-,18+;;. The third kappa shape index (κ3) is 2.54. The fraction of sp³-hybridized carbons (Fsp3) is 0.500. The monoisotopic (exact) mass is 351 g/mol. The van der Waals surface area contributed by atoms with Gasteiger partial charge in [0.05, 0.1) is 5.52 Å². The minimum absolute atomic E-state index is 0. The van der Waals surface area contributed by atoms with Gasteiger partial charge in [0.1, 0.15) is 0 Å². The van der Waals surface area contributed by atoms with E-state index in [1.54, 1.807) is 0 Å². The van der Waals surface area contributed by atoms with E-state index in [0.717, 1.165) is 36.0 Å². The Labute approximate surface area is 149 Å². The Kier molecular flexibility index (Phi) is 4.84. The lowest BCUT2D eigenvalue weighted by atomic mass is 9.82. The summed E-state index contributed by atoms with van der Waals surface area (Å²) in [6.07, 6.45) is 4.77. The zero-order valence-corrected chi connectivity index (χ0v) is 14.7. The van der Waals surface area contributed by atoms with Gasteiger partial charge in [-0.25, -0.2) is 0 Å². The van der Waals surface area contributed by atoms with Gasteiger partial charge < -0.3 is 5.32 Å². The molecule has 1 aromatic carbocycles. The van der Waals surface area contributed by atoms with Crippen LogP contribution < -0.4 is 5.32 Å². The Morgan fingerprint density at radius 3 is 2.43 bits per heavy atom. The van der Waals surface area contributed by atoms with E-state index in [0.29, 0.717) is 0 Å². The summed E-state index contributed by atoms with van der Waals surface area (Å²) < 4.78 is 0. The maximum absolute atomic E-state index is 4.50. The molecule has 4 atom stereocenters. The van der Waals surface area contributed by atoms with Crippen LogP contribution in [0.4, 0.5) is 0 Å². The lowest BCUT2D eigenvalue weighted by Gasteiger charge is -2.25. The smallest absolute Gasteiger partial charge is 0.0705 e. The molecule has 0 unspecified atom stereocenters. The molecule has 4 heterocycles. The molecule has 2 aromatic rings. The topological polar surface area (TPSA) is 28.2 Å². The average Bonchev–Trinajstić information content (AvgIpc) is 3.20. The number of benzene rings is 1. The van der Waals surface area contributed by atoms with Gasteiger partial charge in [-0.15, -0.1) is 24.8 Å². The number of rotatable bonds is 2. The van der Waals surface area contributed by atoms with E-state index >= 15 is 0 Å². The summed E-state index contributed by atoms with van der Waals surface area (Å²) >= 11 is 0. The van der Waals surface area contributed by atoms with Crippen molar-refractivity contribution in [3.05, 3.63) is 42.1 Å². The van der Waals surface area contributed by atoms with Gasteiger partial charge in [-0.1, -0.05) is 18.2 Å². The molecule has 3 saturated heterocycles. The highest BCUT2D eigenvalue weighted by Crippen LogP contribution is 2.48. The van der Waals surface area contributed by atoms with Crippen LogP contribution >= 0.6 is 24.8 Å². The summed E-state index contributed by atoms with van der Waals surface area (Å²) in [4.78, 5) is 7.30. The van der Waals surface area contributed by atoms with Crippen LogP contribution in [0.2, 0.25) is 0 Å². The number of halogens is 2. The van der Waals surface area contributed by atoms with Crippen LogP contribution in [0.5, 0.6) is 0 Å². The van der Waals surface area contributed by atoms with Gasteiger partial charge in [-0.05, 0) is 55.5 Å². The first-order valence-electron chi connectivity index (χ1n) is 8.21. The maximum atomic E-state index is 4.50. The van der Waals surface area contributed by atoms with E-state index in [-0.39, 0.29) is 24.8 Å². The quantitative estimate of drug-likeness (QED) is 0.899. The van der Waals surface area contributed by atoms with E-state index < -0.39 is 0 Å². The number of hydrogen-bond donors (Lipinski definition) is 1. The largest absolute Gasteiger partial charge is 0.316 e. The van der Waals surface area contributed by atoms with Crippen LogP contribution in [0, 0.1) is 11.8 Å². The van der Waals surface area contributed by atoms with Crippen molar-refractivity contribution < 1.29 is 0 Å². The number of aromatic nitrogens is 1. The van der Waals surface area contributed by atoms with E-state index in [1.165, 1.54) is 36.9 Å². The first kappa shape index (κ1) is 17.0. The summed E-state index contributed by atoms with van der Waals surface area (Å²) in [5, 5.41) is 4.93. The SMILES string of the molecule is Cl.Cl.c1ccc2c(CN3[C@@H]4CC[C@H]3[C@H]3CNC[C@H]34)ccnc2c1. The third-order valence-corrected chi connectivity index (χ3v) is 6.00. The van der Waals surface area contributed by atoms with Crippen molar-refractivity contribution in [2.45, 2.75) is 31.5 Å². The highest BCUT2D eigenvalue weighted by Gasteiger charge is 2.54. The number of para-hydroxylation sites is 1. The summed E-state index contributed by atoms with van der Waals surface area (Å²) in [6.45, 7) is 3.57. The summed E-state index contributed by atoms with van der Waals surface area (Å²) in [6, 6.07) is 12.4. The third-order valence-electron chi connectivity index (χ3n) is 6.00. The Hall–Kier alpha value is -0.870. The number of fused-ring (bicyclic) bond motifs is 6. The van der Waals surface area contributed by atoms with Crippen molar-refractivity contribution in [3.8, 4) is 0 Å². The predicted molar refractivity (Wildman–Crippen MR) is 98.4 cm³/mol. The van der Waals surface area contributed by atoms with Crippen LogP contribution in [-0.4, -0.2) is 35.1 Å². The first-order valence-corrected chi connectivity index (χ1v) is 8.21. The lowest BCUT2D eigenvalue weighted by molar-refractivity contribution is 0.219. The van der Waals surface area contributed by atoms with Gasteiger partial charge >= 0.3 is 0 Å². The first-order chi connectivity index (χ1) is 10.4. The van der Waals surface area contributed by atoms with Crippen molar-refractivity contribution in [2.24, 2.45) is 11.8 Å². The molecule has 3 nitrogen and oxygen atoms in total. The molecule has 23 heavy (non-hydrogen) atoms. The molecule has 1 aromatic heterocycles. The van der Waals surface area contributed by atoms with E-state index in [9.17, 15) is 0 Å². The van der Waals surface area contributed by atoms with Crippen LogP contribution in [0.3, 0.4) is 0 Å². The Balaban J connectivity index is 0.000000781. The Morgan fingerprint density at radius 1 is 1.00 bits per heavy atom. The Morgan fingerprint density at radius 2 is 1.70 bits per heavy atom. The van der Waals surface area contributed by atoms with Crippen molar-refractivity contribution in [3.63, 3.8) is 0 Å². The zero-order valence-electron chi connectivity index (χ0n) is 13.0. The molecule has 5 heteroatoms. The van der Waals surface area contributed by atoms with Gasteiger partial charge in [-0.2, -0.15) is 0 Å². The fourth-order valence-electron chi connectivity index (χ4n) is 5.13. The van der Waals surface area contributed by atoms with Crippen molar-refractivity contribution in [1.29, 1.82) is 0 Å². The molecule has 5 rings (SSSR count). The van der Waals surface area contributed by atoms with Crippen molar-refractivity contribution in [1.82, 2.24) is 15.2 Å². The molecular weight excluding hydrogens is 329 g/mol. The number of hydrogen-bond acceptors (Lipinski definition) is 3. The Bertz CT molecular complexity index is 670. The molecule has 0 saturated carbocycles. The second-order valence-corrected chi connectivity index (χ2v) is 6.86. The minimum Gasteiger partial charge on any atom is -0.316 e. The van der Waals surface area contributed by atoms with Crippen LogP contribution in [0.25, 0.3) is 10.9 Å². The lowest BCUT2D eigenvalue weighted by Crippen LogP contribution is -2.33. The number of nitrogens with one attached hydrogen (secondary N) is 1. The molecule has 3 fully saturated rings. The van der Waals surface area contributed by atoms with Crippen molar-refractivity contribution in [2.75, 3.05) is 13.1 Å². The van der Waals surface area contributed by atoms with Crippen LogP contribution in [0.15, 0.2) is 36.5 Å². The van der Waals surface area contributed by atoms with Crippen LogP contribution in [-0.2, 0) is 6.54 Å². The van der Waals surface area contributed by atoms with E-state index in [2.05, 4.69) is 45.5 Å². The second-order valence-electron chi connectivity index (χ2n) is 6.86. The molecule has 0 radical (unpaired) electrons. The molecular formula is C18H23Cl2N3. The van der Waals surface area contributed by atoms with Crippen molar-refractivity contribution >= 4 is 35.7 Å². The second kappa shape index (κ2) is 6.56. The van der Waals surface area contributed by atoms with Gasteiger partial charge in [-0.3, -0.25) is 9.88 Å². The number of pyridine rings is 1. The highest BCUT2D eigenvalue weighted by atomic mass is 35.5. The molecule has 3 aliphatic rings. The zero-order chi connectivity index (χ0) is 13.8. The summed E-state index contributed by atoms with van der Waals surface area (Å²) in [5.74, 6) is 1.80. The average molecular weight is 352 g/mol. The molecule has 0 spiro atoms. The number of nitrogens with zero attached hydrogens (tertiary/aromatic N) is 2. The summed E-state index contributed by atoms with van der Waals surface area (Å²) in [7, 11) is 0. The normalized spacial score (nSPS) is 31.7. The van der Waals surface area contributed by atoms with Gasteiger partial charge in [0.2, 0.25) is 0 Å². The molecule has 0 amide bonds. The van der Waals surface area contributed by atoms with Gasteiger partial charge in [0.15, 0.2) is 0 Å². The fourth-order valence-corrected chi connectivity index (χ4v) is 5.13. The minimum atomic E-state index is 0. The molecule has 124 valence electrons. The van der Waals surface area contributed by atoms with E-state index in [4.69, 9.17) is 0 Å².